The molecule has 3 aromatic rings. The van der Waals surface area contributed by atoms with Gasteiger partial charge in [-0.25, -0.2) is 4.79 Å². The van der Waals surface area contributed by atoms with E-state index >= 15 is 0 Å². The number of rotatable bonds is 5. The van der Waals surface area contributed by atoms with Crippen molar-refractivity contribution in [1.29, 1.82) is 0 Å². The Balaban J connectivity index is 1.67. The molecule has 1 unspecified atom stereocenters. The van der Waals surface area contributed by atoms with Crippen molar-refractivity contribution < 1.29 is 14.7 Å². The van der Waals surface area contributed by atoms with Gasteiger partial charge in [-0.2, -0.15) is 5.10 Å². The molecule has 2 N–H and O–H groups in total. The van der Waals surface area contributed by atoms with Crippen molar-refractivity contribution in [3.63, 3.8) is 0 Å². The van der Waals surface area contributed by atoms with Gasteiger partial charge in [0.15, 0.2) is 5.54 Å². The third-order valence-corrected chi connectivity index (χ3v) is 5.46. The molecule has 4 rings (SSSR count). The Morgan fingerprint density at radius 1 is 1.14 bits per heavy atom. The lowest BCUT2D eigenvalue weighted by Crippen LogP contribution is -2.50. The summed E-state index contributed by atoms with van der Waals surface area (Å²) in [7, 11) is 1.78. The second-order valence-corrected chi connectivity index (χ2v) is 7.11. The maximum atomic E-state index is 13.1. The van der Waals surface area contributed by atoms with E-state index in [9.17, 15) is 14.7 Å². The van der Waals surface area contributed by atoms with Crippen LogP contribution in [-0.4, -0.2) is 26.8 Å². The minimum Gasteiger partial charge on any atom is -0.479 e. The number of aryl methyl sites for hydroxylation is 2. The summed E-state index contributed by atoms with van der Waals surface area (Å²) in [6, 6.07) is 17.2. The Kier molecular flexibility index (Phi) is 4.47. The van der Waals surface area contributed by atoms with E-state index in [0.717, 1.165) is 16.8 Å². The van der Waals surface area contributed by atoms with Gasteiger partial charge in [0.05, 0.1) is 17.5 Å². The van der Waals surface area contributed by atoms with Crippen molar-refractivity contribution >= 4 is 11.9 Å². The smallest absolute Gasteiger partial charge is 0.334 e. The number of benzene rings is 2. The Hall–Kier alpha value is -3.41. The Labute approximate surface area is 162 Å². The quantitative estimate of drug-likeness (QED) is 0.718. The lowest BCUT2D eigenvalue weighted by atomic mass is 9.91. The van der Waals surface area contributed by atoms with E-state index < -0.39 is 17.4 Å². The van der Waals surface area contributed by atoms with E-state index in [-0.39, 0.29) is 0 Å². The average molecular weight is 375 g/mol. The summed E-state index contributed by atoms with van der Waals surface area (Å²) in [6.45, 7) is 0. The van der Waals surface area contributed by atoms with Crippen LogP contribution in [0.2, 0.25) is 0 Å². The summed E-state index contributed by atoms with van der Waals surface area (Å²) < 4.78 is 1.66. The van der Waals surface area contributed by atoms with Crippen LogP contribution >= 0.6 is 0 Å². The van der Waals surface area contributed by atoms with Crippen LogP contribution in [0.3, 0.4) is 0 Å². The molecular formula is C22H21N3O3. The van der Waals surface area contributed by atoms with Gasteiger partial charge in [-0.05, 0) is 29.5 Å². The summed E-state index contributed by atoms with van der Waals surface area (Å²) in [5.41, 5.74) is 2.41. The fraction of sp³-hybridized carbons (Fsp3) is 0.227. The van der Waals surface area contributed by atoms with Crippen LogP contribution in [0.15, 0.2) is 60.8 Å². The van der Waals surface area contributed by atoms with Gasteiger partial charge in [0.2, 0.25) is 0 Å². The molecule has 0 radical (unpaired) electrons. The second-order valence-electron chi connectivity index (χ2n) is 7.11. The van der Waals surface area contributed by atoms with Crippen molar-refractivity contribution in [1.82, 2.24) is 15.1 Å². The van der Waals surface area contributed by atoms with Gasteiger partial charge in [0.25, 0.3) is 5.91 Å². The molecular weight excluding hydrogens is 354 g/mol. The molecule has 1 amide bonds. The van der Waals surface area contributed by atoms with E-state index in [4.69, 9.17) is 0 Å². The molecule has 0 saturated carbocycles. The number of aromatic nitrogens is 2. The van der Waals surface area contributed by atoms with E-state index in [1.165, 1.54) is 6.20 Å². The number of carbonyl (C=O) groups excluding carboxylic acids is 1. The summed E-state index contributed by atoms with van der Waals surface area (Å²) in [5.74, 6) is -1.46. The van der Waals surface area contributed by atoms with Crippen LogP contribution in [0.4, 0.5) is 0 Å². The standard InChI is InChI=1S/C22H21N3O3/c1-25-19(13-15-7-3-2-4-8-15)17(14-23-25)20(26)24-22(21(27)28)12-11-16-9-5-6-10-18(16)22/h2-10,14H,11-13H2,1H3,(H,24,26)(H,27,28). The van der Waals surface area contributed by atoms with Gasteiger partial charge in [0, 0.05) is 13.5 Å². The largest absolute Gasteiger partial charge is 0.479 e. The zero-order chi connectivity index (χ0) is 19.7. The number of amides is 1. The number of hydrogen-bond donors (Lipinski definition) is 2. The summed E-state index contributed by atoms with van der Waals surface area (Å²) in [4.78, 5) is 25.3. The Morgan fingerprint density at radius 3 is 2.61 bits per heavy atom. The Bertz CT molecular complexity index is 1040. The molecule has 6 nitrogen and oxygen atoms in total. The molecule has 142 valence electrons. The van der Waals surface area contributed by atoms with Gasteiger partial charge < -0.3 is 10.4 Å². The molecule has 1 atom stereocenters. The number of carboxylic acids is 1. The third kappa shape index (κ3) is 2.97. The summed E-state index contributed by atoms with van der Waals surface area (Å²) in [5, 5.41) is 17.0. The van der Waals surface area contributed by atoms with E-state index in [2.05, 4.69) is 10.4 Å². The van der Waals surface area contributed by atoms with Gasteiger partial charge in [-0.1, -0.05) is 54.6 Å². The zero-order valence-corrected chi connectivity index (χ0v) is 15.6. The molecule has 0 fully saturated rings. The van der Waals surface area contributed by atoms with Gasteiger partial charge in [0.1, 0.15) is 0 Å². The minimum absolute atomic E-state index is 0.335. The van der Waals surface area contributed by atoms with E-state index in [1.54, 1.807) is 23.9 Å². The van der Waals surface area contributed by atoms with Gasteiger partial charge in [-0.15, -0.1) is 0 Å². The first-order chi connectivity index (χ1) is 13.5. The number of nitrogens with zero attached hydrogens (tertiary/aromatic N) is 2. The molecule has 0 bridgehead atoms. The van der Waals surface area contributed by atoms with Crippen LogP contribution in [-0.2, 0) is 30.2 Å². The van der Waals surface area contributed by atoms with Crippen molar-refractivity contribution in [2.45, 2.75) is 24.8 Å². The monoisotopic (exact) mass is 375 g/mol. The molecule has 1 aliphatic carbocycles. The molecule has 0 aliphatic heterocycles. The fourth-order valence-corrected chi connectivity index (χ4v) is 3.93. The highest BCUT2D eigenvalue weighted by Crippen LogP contribution is 2.37. The fourth-order valence-electron chi connectivity index (χ4n) is 3.93. The normalized spacial score (nSPS) is 17.9. The minimum atomic E-state index is -1.41. The number of carbonyl (C=O) groups is 2. The van der Waals surface area contributed by atoms with E-state index in [0.29, 0.717) is 30.4 Å². The van der Waals surface area contributed by atoms with Crippen LogP contribution < -0.4 is 5.32 Å². The van der Waals surface area contributed by atoms with Crippen molar-refractivity contribution in [2.75, 3.05) is 0 Å². The first-order valence-corrected chi connectivity index (χ1v) is 9.20. The first-order valence-electron chi connectivity index (χ1n) is 9.20. The van der Waals surface area contributed by atoms with Crippen LogP contribution in [0.25, 0.3) is 0 Å². The van der Waals surface area contributed by atoms with Crippen molar-refractivity contribution in [2.24, 2.45) is 7.05 Å². The molecule has 6 heteroatoms. The average Bonchev–Trinajstić information content (AvgIpc) is 3.25. The highest BCUT2D eigenvalue weighted by molar-refractivity contribution is 5.99. The summed E-state index contributed by atoms with van der Waals surface area (Å²) >= 11 is 0. The molecule has 1 heterocycles. The topological polar surface area (TPSA) is 84.2 Å². The number of fused-ring (bicyclic) bond motifs is 1. The number of aliphatic carboxylic acids is 1. The van der Waals surface area contributed by atoms with Crippen molar-refractivity contribution in [3.05, 3.63) is 88.7 Å². The Morgan fingerprint density at radius 2 is 1.86 bits per heavy atom. The third-order valence-electron chi connectivity index (χ3n) is 5.46. The molecule has 1 aromatic heterocycles. The molecule has 0 saturated heterocycles. The van der Waals surface area contributed by atoms with E-state index in [1.807, 2.05) is 42.5 Å². The van der Waals surface area contributed by atoms with Gasteiger partial charge >= 0.3 is 5.97 Å². The maximum absolute atomic E-state index is 13.1. The predicted molar refractivity (Wildman–Crippen MR) is 104 cm³/mol. The highest BCUT2D eigenvalue weighted by atomic mass is 16.4. The lowest BCUT2D eigenvalue weighted by molar-refractivity contribution is -0.144. The van der Waals surface area contributed by atoms with Gasteiger partial charge in [-0.3, -0.25) is 9.48 Å². The molecule has 1 aliphatic rings. The van der Waals surface area contributed by atoms with Crippen molar-refractivity contribution in [3.8, 4) is 0 Å². The molecule has 28 heavy (non-hydrogen) atoms. The highest BCUT2D eigenvalue weighted by Gasteiger charge is 2.47. The number of nitrogens with one attached hydrogen (secondary N) is 1. The lowest BCUT2D eigenvalue weighted by Gasteiger charge is -2.27. The van der Waals surface area contributed by atoms with Crippen LogP contribution in [0, 0.1) is 0 Å². The van der Waals surface area contributed by atoms with Crippen LogP contribution in [0.1, 0.15) is 39.2 Å². The zero-order valence-electron chi connectivity index (χ0n) is 15.6. The second kappa shape index (κ2) is 6.96. The molecule has 2 aromatic carbocycles. The summed E-state index contributed by atoms with van der Waals surface area (Å²) in [6.07, 6.45) is 3.00. The number of hydrogen-bond acceptors (Lipinski definition) is 3. The predicted octanol–water partition coefficient (Wildman–Crippen LogP) is 2.67. The number of carboxylic acid groups (broad SMARTS) is 1. The van der Waals surface area contributed by atoms with Crippen LogP contribution in [0.5, 0.6) is 0 Å². The SMILES string of the molecule is Cn1ncc(C(=O)NC2(C(=O)O)CCc3ccccc32)c1Cc1ccccc1. The maximum Gasteiger partial charge on any atom is 0.334 e. The molecule has 0 spiro atoms. The first kappa shape index (κ1) is 18.0.